The first-order valence-corrected chi connectivity index (χ1v) is 17.8. The molecule has 0 unspecified atom stereocenters. The number of fused-ring (bicyclic) bond motifs is 2. The third-order valence-corrected chi connectivity index (χ3v) is 9.89. The van der Waals surface area contributed by atoms with Crippen LogP contribution in [0.4, 0.5) is 34.1 Å². The number of nitrogens with zero attached hydrogens (tertiary/aromatic N) is 2. The van der Waals surface area contributed by atoms with Gasteiger partial charge in [-0.05, 0) is 84.3 Å². The minimum absolute atomic E-state index is 0.0682. The highest BCUT2D eigenvalue weighted by atomic mass is 15.2. The molecule has 0 heterocycles. The molecule has 0 saturated carbocycles. The summed E-state index contributed by atoms with van der Waals surface area (Å²) in [4.78, 5) is 4.91. The molecule has 2 nitrogen and oxygen atoms in total. The Morgan fingerprint density at radius 2 is 0.560 bits per heavy atom. The van der Waals surface area contributed by atoms with Crippen molar-refractivity contribution in [3.63, 3.8) is 0 Å². The minimum Gasteiger partial charge on any atom is -0.309 e. The van der Waals surface area contributed by atoms with Crippen LogP contribution in [-0.4, -0.2) is 0 Å². The van der Waals surface area contributed by atoms with Crippen molar-refractivity contribution in [1.82, 2.24) is 0 Å². The molecule has 0 N–H and O–H groups in total. The zero-order valence-corrected chi connectivity index (χ0v) is 30.8. The molecule has 0 aliphatic rings. The Morgan fingerprint density at radius 3 is 0.800 bits per heavy atom. The summed E-state index contributed by atoms with van der Waals surface area (Å²) in [6.45, 7) is 17.9. The normalized spacial score (nSPS) is 12.0. The van der Waals surface area contributed by atoms with Gasteiger partial charge in [-0.25, -0.2) is 0 Å². The van der Waals surface area contributed by atoms with Gasteiger partial charge in [-0.1, -0.05) is 150 Å². The van der Waals surface area contributed by atoms with Gasteiger partial charge in [0, 0.05) is 44.3 Å². The van der Waals surface area contributed by atoms with E-state index in [1.54, 1.807) is 0 Å². The second-order valence-electron chi connectivity index (χ2n) is 15.7. The predicted molar refractivity (Wildman–Crippen MR) is 218 cm³/mol. The molecule has 0 atom stereocenters. The zero-order valence-electron chi connectivity index (χ0n) is 30.8. The molecule has 0 saturated heterocycles. The molecule has 50 heavy (non-hydrogen) atoms. The van der Waals surface area contributed by atoms with Crippen LogP contribution in [0, 0.1) is 13.8 Å². The standard InChI is InChI=1S/C48H48N2/c1-33-17-25-37(26-18-33)49(39-29-21-35(22-30-39)47(3,4)5)45-41-13-9-11-15-43(41)46(44-16-12-10-14-42(44)45)50(38-27-19-34(2)20-28-38)40-31-23-36(24-32-40)48(6,7)8/h9-32H,1-8H3. The number of hydrogen-bond donors (Lipinski definition) is 0. The topological polar surface area (TPSA) is 6.48 Å². The lowest BCUT2D eigenvalue weighted by Gasteiger charge is -2.33. The van der Waals surface area contributed by atoms with E-state index in [-0.39, 0.29) is 10.8 Å². The van der Waals surface area contributed by atoms with Crippen molar-refractivity contribution >= 4 is 55.7 Å². The summed E-state index contributed by atoms with van der Waals surface area (Å²) < 4.78 is 0. The van der Waals surface area contributed by atoms with Gasteiger partial charge in [0.05, 0.1) is 11.4 Å². The maximum atomic E-state index is 2.45. The summed E-state index contributed by atoms with van der Waals surface area (Å²) in [5.74, 6) is 0. The molecule has 0 aromatic heterocycles. The summed E-state index contributed by atoms with van der Waals surface area (Å²) in [5.41, 5.74) is 12.2. The Morgan fingerprint density at radius 1 is 0.320 bits per heavy atom. The van der Waals surface area contributed by atoms with Crippen LogP contribution in [0.5, 0.6) is 0 Å². The van der Waals surface area contributed by atoms with E-state index in [1.807, 2.05) is 0 Å². The maximum absolute atomic E-state index is 2.45. The quantitative estimate of drug-likeness (QED) is 0.130. The van der Waals surface area contributed by atoms with Crippen molar-refractivity contribution in [2.24, 2.45) is 0 Å². The van der Waals surface area contributed by atoms with E-state index >= 15 is 0 Å². The van der Waals surface area contributed by atoms with Crippen molar-refractivity contribution < 1.29 is 0 Å². The van der Waals surface area contributed by atoms with Gasteiger partial charge >= 0.3 is 0 Å². The molecule has 0 spiro atoms. The molecular weight excluding hydrogens is 605 g/mol. The lowest BCUT2D eigenvalue weighted by molar-refractivity contribution is 0.590. The Hall–Kier alpha value is -5.34. The molecule has 7 rings (SSSR count). The van der Waals surface area contributed by atoms with Gasteiger partial charge in [0.2, 0.25) is 0 Å². The van der Waals surface area contributed by atoms with Crippen molar-refractivity contribution in [3.05, 3.63) is 168 Å². The van der Waals surface area contributed by atoms with Crippen LogP contribution < -0.4 is 9.80 Å². The van der Waals surface area contributed by atoms with Gasteiger partial charge in [-0.15, -0.1) is 0 Å². The van der Waals surface area contributed by atoms with E-state index in [9.17, 15) is 0 Å². The summed E-state index contributed by atoms with van der Waals surface area (Å²) >= 11 is 0. The average molecular weight is 653 g/mol. The zero-order chi connectivity index (χ0) is 35.2. The number of anilines is 6. The maximum Gasteiger partial charge on any atom is 0.0619 e. The van der Waals surface area contributed by atoms with Crippen LogP contribution >= 0.6 is 0 Å². The highest BCUT2D eigenvalue weighted by Crippen LogP contribution is 2.51. The fraction of sp³-hybridized carbons (Fsp3) is 0.208. The van der Waals surface area contributed by atoms with Crippen LogP contribution in [0.3, 0.4) is 0 Å². The largest absolute Gasteiger partial charge is 0.309 e. The fourth-order valence-corrected chi connectivity index (χ4v) is 6.99. The van der Waals surface area contributed by atoms with Crippen molar-refractivity contribution in [3.8, 4) is 0 Å². The number of benzene rings is 7. The van der Waals surface area contributed by atoms with E-state index in [4.69, 9.17) is 0 Å². The summed E-state index contributed by atoms with van der Waals surface area (Å²) in [7, 11) is 0. The van der Waals surface area contributed by atoms with Gasteiger partial charge in [0.15, 0.2) is 0 Å². The lowest BCUT2D eigenvalue weighted by atomic mass is 9.87. The van der Waals surface area contributed by atoms with E-state index in [2.05, 4.69) is 211 Å². The highest BCUT2D eigenvalue weighted by Gasteiger charge is 2.26. The first-order valence-electron chi connectivity index (χ1n) is 17.8. The molecule has 0 bridgehead atoms. The third-order valence-electron chi connectivity index (χ3n) is 9.89. The highest BCUT2D eigenvalue weighted by molar-refractivity contribution is 6.23. The number of rotatable bonds is 6. The third kappa shape index (κ3) is 6.27. The molecule has 250 valence electrons. The molecule has 0 amide bonds. The second kappa shape index (κ2) is 12.8. The fourth-order valence-electron chi connectivity index (χ4n) is 6.99. The molecular formula is C48H48N2. The first kappa shape index (κ1) is 33.2. The van der Waals surface area contributed by atoms with Gasteiger partial charge in [-0.2, -0.15) is 0 Å². The average Bonchev–Trinajstić information content (AvgIpc) is 3.10. The summed E-state index contributed by atoms with van der Waals surface area (Å²) in [6.07, 6.45) is 0. The van der Waals surface area contributed by atoms with Crippen molar-refractivity contribution in [1.29, 1.82) is 0 Å². The Bertz CT molecular complexity index is 2040. The van der Waals surface area contributed by atoms with E-state index in [0.29, 0.717) is 0 Å². The van der Waals surface area contributed by atoms with Crippen molar-refractivity contribution in [2.45, 2.75) is 66.2 Å². The molecule has 2 heteroatoms. The Labute approximate surface area is 298 Å². The predicted octanol–water partition coefficient (Wildman–Crippen LogP) is 14.1. The van der Waals surface area contributed by atoms with Crippen molar-refractivity contribution in [2.75, 3.05) is 9.80 Å². The second-order valence-corrected chi connectivity index (χ2v) is 15.7. The Kier molecular flexibility index (Phi) is 8.52. The number of aryl methyl sites for hydroxylation is 2. The summed E-state index contributed by atoms with van der Waals surface area (Å²) in [6, 6.07) is 54.0. The molecule has 7 aromatic carbocycles. The van der Waals surface area contributed by atoms with E-state index < -0.39 is 0 Å². The first-order chi connectivity index (χ1) is 23.9. The molecule has 0 aliphatic carbocycles. The van der Waals surface area contributed by atoms with Gasteiger partial charge in [0.25, 0.3) is 0 Å². The molecule has 0 radical (unpaired) electrons. The Balaban J connectivity index is 1.56. The smallest absolute Gasteiger partial charge is 0.0619 e. The van der Waals surface area contributed by atoms with Crippen LogP contribution in [-0.2, 0) is 10.8 Å². The van der Waals surface area contributed by atoms with Gasteiger partial charge < -0.3 is 9.80 Å². The monoisotopic (exact) mass is 652 g/mol. The molecule has 0 aliphatic heterocycles. The minimum atomic E-state index is 0.0682. The SMILES string of the molecule is Cc1ccc(N(c2ccc(C(C)(C)C)cc2)c2c3ccccc3c(N(c3ccc(C)cc3)c3ccc(C(C)(C)C)cc3)c3ccccc23)cc1. The van der Waals surface area contributed by atoms with Crippen LogP contribution in [0.25, 0.3) is 21.5 Å². The van der Waals surface area contributed by atoms with Gasteiger partial charge in [0.1, 0.15) is 0 Å². The van der Waals surface area contributed by atoms with Gasteiger partial charge in [-0.3, -0.25) is 0 Å². The van der Waals surface area contributed by atoms with E-state index in [1.165, 1.54) is 55.2 Å². The van der Waals surface area contributed by atoms with Crippen LogP contribution in [0.15, 0.2) is 146 Å². The lowest BCUT2D eigenvalue weighted by Crippen LogP contribution is -2.16. The number of hydrogen-bond acceptors (Lipinski definition) is 2. The van der Waals surface area contributed by atoms with Crippen LogP contribution in [0.1, 0.15) is 63.8 Å². The summed E-state index contributed by atoms with van der Waals surface area (Å²) in [5, 5.41) is 4.80. The van der Waals surface area contributed by atoms with Crippen LogP contribution in [0.2, 0.25) is 0 Å². The molecule has 0 fully saturated rings. The molecule has 7 aromatic rings. The van der Waals surface area contributed by atoms with E-state index in [0.717, 1.165) is 22.7 Å².